The van der Waals surface area contributed by atoms with Gasteiger partial charge in [0.1, 0.15) is 12.7 Å². The number of ether oxygens (including phenoxy) is 5. The van der Waals surface area contributed by atoms with Crippen LogP contribution in [0.25, 0.3) is 22.3 Å². The van der Waals surface area contributed by atoms with Gasteiger partial charge in [-0.3, -0.25) is 0 Å². The van der Waals surface area contributed by atoms with Crippen LogP contribution in [0.1, 0.15) is 63.5 Å². The Morgan fingerprint density at radius 2 is 0.836 bits per heavy atom. The van der Waals surface area contributed by atoms with Gasteiger partial charge in [0.2, 0.25) is 23.0 Å². The zero-order valence-electron chi connectivity index (χ0n) is 32.7. The number of esters is 5. The largest absolute Gasteiger partial charge is 0.504 e. The van der Waals surface area contributed by atoms with Gasteiger partial charge in [-0.15, -0.1) is 0 Å². The third-order valence-electron chi connectivity index (χ3n) is 10.9. The summed E-state index contributed by atoms with van der Waals surface area (Å²) in [6.07, 6.45) is -13.4. The van der Waals surface area contributed by atoms with Crippen LogP contribution in [-0.2, 0) is 23.7 Å². The molecular weight excluding hydrogens is 908 g/mol. The van der Waals surface area contributed by atoms with Crippen molar-refractivity contribution in [3.8, 4) is 108 Å². The van der Waals surface area contributed by atoms with Crippen LogP contribution in [0, 0.1) is 0 Å². The van der Waals surface area contributed by atoms with Crippen molar-refractivity contribution in [2.75, 3.05) is 6.61 Å². The summed E-state index contributed by atoms with van der Waals surface area (Å²) in [5, 5.41) is 172. The van der Waals surface area contributed by atoms with Gasteiger partial charge in [-0.2, -0.15) is 0 Å². The maximum atomic E-state index is 14.6. The van der Waals surface area contributed by atoms with Crippen molar-refractivity contribution in [3.63, 3.8) is 0 Å². The van der Waals surface area contributed by atoms with Crippen LogP contribution >= 0.6 is 0 Å². The molecule has 26 heteroatoms. The Hall–Kier alpha value is -9.59. The van der Waals surface area contributed by atoms with E-state index in [1.165, 1.54) is 0 Å². The number of benzene rings is 5. The average Bonchev–Trinajstić information content (AvgIpc) is 3.29. The van der Waals surface area contributed by atoms with E-state index in [9.17, 15) is 106 Å². The van der Waals surface area contributed by atoms with Gasteiger partial charge in [-0.05, 0) is 30.3 Å². The number of cyclic esters (lactones) is 2. The van der Waals surface area contributed by atoms with Gasteiger partial charge in [-0.25, -0.2) is 24.0 Å². The van der Waals surface area contributed by atoms with Crippen molar-refractivity contribution < 1.29 is 129 Å². The number of phenols is 15. The first-order valence-corrected chi connectivity index (χ1v) is 18.6. The molecule has 0 aromatic heterocycles. The molecule has 16 N–H and O–H groups in total. The Morgan fingerprint density at radius 1 is 0.433 bits per heavy atom. The smallest absolute Gasteiger partial charge is 0.339 e. The first-order valence-electron chi connectivity index (χ1n) is 18.6. The Morgan fingerprint density at radius 3 is 1.33 bits per heavy atom. The topological polar surface area (TPSA) is 455 Å². The lowest BCUT2D eigenvalue weighted by Gasteiger charge is -2.40. The maximum Gasteiger partial charge on any atom is 0.339 e. The van der Waals surface area contributed by atoms with E-state index in [1.54, 1.807) is 0 Å². The highest BCUT2D eigenvalue weighted by Crippen LogP contribution is 2.58. The van der Waals surface area contributed by atoms with E-state index < -0.39 is 209 Å². The Bertz CT molecular complexity index is 3060. The maximum absolute atomic E-state index is 14.6. The molecule has 5 atom stereocenters. The molecule has 4 heterocycles. The number of carbonyl (C=O) groups is 5. The van der Waals surface area contributed by atoms with Crippen LogP contribution in [0.3, 0.4) is 0 Å². The van der Waals surface area contributed by atoms with Crippen molar-refractivity contribution in [3.05, 3.63) is 63.7 Å². The molecule has 4 aliphatic heterocycles. The number of aliphatic hydroxyl groups excluding tert-OH is 1. The predicted molar refractivity (Wildman–Crippen MR) is 207 cm³/mol. The summed E-state index contributed by atoms with van der Waals surface area (Å²) < 4.78 is 27.6. The van der Waals surface area contributed by atoms with E-state index in [0.29, 0.717) is 30.3 Å². The molecule has 67 heavy (non-hydrogen) atoms. The highest BCUT2D eigenvalue weighted by Gasteiger charge is 2.54. The summed E-state index contributed by atoms with van der Waals surface area (Å²) in [5.74, 6) is -29.6. The normalized spacial score (nSPS) is 19.9. The second-order valence-corrected chi connectivity index (χ2v) is 14.7. The minimum Gasteiger partial charge on any atom is -0.504 e. The lowest BCUT2D eigenvalue weighted by molar-refractivity contribution is -0.154. The van der Waals surface area contributed by atoms with Gasteiger partial charge in [0.05, 0.1) is 27.8 Å². The molecule has 348 valence electrons. The summed E-state index contributed by atoms with van der Waals surface area (Å²) in [7, 11) is 0. The lowest BCUT2D eigenvalue weighted by atomic mass is 9.82. The van der Waals surface area contributed by atoms with Crippen molar-refractivity contribution in [1.82, 2.24) is 0 Å². The molecule has 0 spiro atoms. The minimum absolute atomic E-state index is 0.331. The number of aromatic hydroxyl groups is 15. The second-order valence-electron chi connectivity index (χ2n) is 14.7. The molecule has 0 radical (unpaired) electrons. The van der Waals surface area contributed by atoms with Crippen LogP contribution < -0.4 is 0 Å². The summed E-state index contributed by atoms with van der Waals surface area (Å²) in [6.45, 7) is -1.50. The van der Waals surface area contributed by atoms with Gasteiger partial charge in [0, 0.05) is 27.8 Å². The van der Waals surface area contributed by atoms with E-state index in [4.69, 9.17) is 23.7 Å². The number of phenolic OH excluding ortho intramolecular Hbond substituents is 15. The van der Waals surface area contributed by atoms with Gasteiger partial charge in [0.15, 0.2) is 87.7 Å². The van der Waals surface area contributed by atoms with E-state index >= 15 is 0 Å². The molecule has 0 aliphatic carbocycles. The van der Waals surface area contributed by atoms with Crippen LogP contribution in [0.2, 0.25) is 0 Å². The summed E-state index contributed by atoms with van der Waals surface area (Å²) in [5.41, 5.74) is -11.0. The van der Waals surface area contributed by atoms with E-state index in [-0.39, 0.29) is 0 Å². The highest BCUT2D eigenvalue weighted by molar-refractivity contribution is 6.11. The molecule has 5 aromatic rings. The molecule has 0 unspecified atom stereocenters. The van der Waals surface area contributed by atoms with Crippen molar-refractivity contribution >= 4 is 29.8 Å². The number of rotatable bonds is 3. The van der Waals surface area contributed by atoms with Gasteiger partial charge in [-0.1, -0.05) is 0 Å². The van der Waals surface area contributed by atoms with E-state index in [2.05, 4.69) is 0 Å². The van der Waals surface area contributed by atoms with Crippen LogP contribution in [-0.4, -0.2) is 143 Å². The molecule has 0 amide bonds. The highest BCUT2D eigenvalue weighted by atomic mass is 16.6. The minimum atomic E-state index is -2.79. The Labute approximate surface area is 368 Å². The van der Waals surface area contributed by atoms with E-state index in [1.807, 2.05) is 0 Å². The number of carbonyl (C=O) groups excluding carboxylic acids is 5. The molecule has 4 aliphatic rings. The summed E-state index contributed by atoms with van der Waals surface area (Å²) in [6, 6.07) is 2.15. The quantitative estimate of drug-likeness (QED) is 0.0689. The summed E-state index contributed by atoms with van der Waals surface area (Å²) >= 11 is 0. The van der Waals surface area contributed by atoms with Crippen molar-refractivity contribution in [2.24, 2.45) is 0 Å². The molecule has 0 saturated carbocycles. The predicted octanol–water partition coefficient (Wildman–Crippen LogP) is 1.34. The van der Waals surface area contributed by atoms with Crippen molar-refractivity contribution in [1.29, 1.82) is 0 Å². The number of aliphatic hydroxyl groups is 1. The molecule has 4 bridgehead atoms. The van der Waals surface area contributed by atoms with Crippen LogP contribution in [0.15, 0.2) is 30.3 Å². The Balaban J connectivity index is 1.42. The fourth-order valence-corrected chi connectivity index (χ4v) is 7.72. The van der Waals surface area contributed by atoms with Gasteiger partial charge < -0.3 is 105 Å². The third kappa shape index (κ3) is 6.57. The zero-order chi connectivity index (χ0) is 49.0. The second kappa shape index (κ2) is 15.3. The van der Waals surface area contributed by atoms with Crippen LogP contribution in [0.4, 0.5) is 0 Å². The molecule has 0 saturated heterocycles. The van der Waals surface area contributed by atoms with E-state index in [0.717, 1.165) is 0 Å². The monoisotopic (exact) mass is 936 g/mol. The van der Waals surface area contributed by atoms with Gasteiger partial charge >= 0.3 is 29.8 Å². The fourth-order valence-electron chi connectivity index (χ4n) is 7.72. The molecule has 26 nitrogen and oxygen atoms in total. The first-order chi connectivity index (χ1) is 31.5. The van der Waals surface area contributed by atoms with Crippen LogP contribution in [0.5, 0.6) is 86.2 Å². The SMILES string of the molecule is O=C(O[C@@H]1COC(=O)c2cc(O)c(O)c(O)c2-c2c(cc(O)c(O)c2O)C(=O)O[C@H]1[C@@H]1OC(=O)c2cc(O)c(O)c(O)c2-c2c(O)c(O)c(O)c3c2C(=O)O[C@H]1[C@@H]3O)c1cc(O)c(O)c(O)c1. The summed E-state index contributed by atoms with van der Waals surface area (Å²) in [4.78, 5) is 70.9. The number of hydrogen-bond donors (Lipinski definition) is 16. The fraction of sp³-hybridized carbons (Fsp3) is 0.146. The molecule has 0 fully saturated rings. The number of hydrogen-bond acceptors (Lipinski definition) is 26. The third-order valence-corrected chi connectivity index (χ3v) is 10.9. The average molecular weight is 937 g/mol. The standard InChI is InChI=1S/C41H28O26/c42-11-1-7(2-12(43)23(11)47)37(58)64-16-6-63-38(59)8-3-13(44)24(48)27(51)17(8)18-9(4-14(45)25(49)28(18)52)39(60)65-34(16)36-35-32(56)22-21(41(62)66-35)20(30(54)33(57)31(22)55)19-10(40(61)67-36)5-15(46)26(50)29(19)53/h1-5,16,32,34-36,42-57H,6H2/t16-,32-,34-,35+,36+/m1/s1. The van der Waals surface area contributed by atoms with Crippen molar-refractivity contribution in [2.45, 2.75) is 30.5 Å². The number of fused-ring (bicyclic) bond motifs is 6. The first kappa shape index (κ1) is 44.0. The Kier molecular flexibility index (Phi) is 10.1. The molecular formula is C41H28O26. The zero-order valence-corrected chi connectivity index (χ0v) is 32.7. The lowest BCUT2D eigenvalue weighted by Crippen LogP contribution is -2.56. The molecule has 9 rings (SSSR count). The van der Waals surface area contributed by atoms with Gasteiger partial charge in [0.25, 0.3) is 0 Å². The molecule has 5 aromatic carbocycles.